The molecule has 0 saturated carbocycles. The molecular formula is C10H10F3NS. The van der Waals surface area contributed by atoms with Crippen LogP contribution in [0.5, 0.6) is 0 Å². The lowest BCUT2D eigenvalue weighted by Gasteiger charge is -2.11. The number of fused-ring (bicyclic) bond motifs is 1. The van der Waals surface area contributed by atoms with Gasteiger partial charge in [-0.05, 0) is 23.8 Å². The highest BCUT2D eigenvalue weighted by atomic mass is 32.2. The smallest absolute Gasteiger partial charge is 0.330 e. The van der Waals surface area contributed by atoms with Crippen molar-refractivity contribution in [2.75, 3.05) is 12.3 Å². The van der Waals surface area contributed by atoms with Crippen LogP contribution in [0.1, 0.15) is 17.0 Å². The van der Waals surface area contributed by atoms with Crippen LogP contribution in [0.4, 0.5) is 13.2 Å². The molecule has 0 bridgehead atoms. The summed E-state index contributed by atoms with van der Waals surface area (Å²) in [5.41, 5.74) is 5.68. The molecule has 0 saturated heterocycles. The summed E-state index contributed by atoms with van der Waals surface area (Å²) in [7, 11) is 0. The van der Waals surface area contributed by atoms with E-state index in [4.69, 9.17) is 5.73 Å². The Morgan fingerprint density at radius 2 is 2.13 bits per heavy atom. The van der Waals surface area contributed by atoms with Gasteiger partial charge < -0.3 is 5.73 Å². The van der Waals surface area contributed by atoms with Crippen molar-refractivity contribution in [3.8, 4) is 0 Å². The van der Waals surface area contributed by atoms with E-state index in [9.17, 15) is 13.2 Å². The minimum atomic E-state index is -4.26. The highest BCUT2D eigenvalue weighted by molar-refractivity contribution is 7.99. The van der Waals surface area contributed by atoms with E-state index in [0.29, 0.717) is 6.54 Å². The van der Waals surface area contributed by atoms with E-state index >= 15 is 0 Å². The van der Waals surface area contributed by atoms with Crippen LogP contribution in [0.3, 0.4) is 0 Å². The van der Waals surface area contributed by atoms with Crippen molar-refractivity contribution in [2.45, 2.75) is 17.0 Å². The van der Waals surface area contributed by atoms with E-state index in [-0.39, 0.29) is 5.92 Å². The first-order chi connectivity index (χ1) is 7.02. The van der Waals surface area contributed by atoms with Gasteiger partial charge in [0.05, 0.1) is 5.56 Å². The maximum absolute atomic E-state index is 12.4. The van der Waals surface area contributed by atoms with E-state index in [1.54, 1.807) is 17.8 Å². The van der Waals surface area contributed by atoms with Gasteiger partial charge in [0.2, 0.25) is 0 Å². The number of benzene rings is 1. The lowest BCUT2D eigenvalue weighted by atomic mass is 9.99. The zero-order valence-electron chi connectivity index (χ0n) is 7.84. The highest BCUT2D eigenvalue weighted by Gasteiger charge is 2.33. The molecule has 0 aromatic heterocycles. The molecule has 15 heavy (non-hydrogen) atoms. The Morgan fingerprint density at radius 1 is 1.40 bits per heavy atom. The molecule has 1 aromatic rings. The van der Waals surface area contributed by atoms with Crippen molar-refractivity contribution in [2.24, 2.45) is 5.73 Å². The van der Waals surface area contributed by atoms with Crippen molar-refractivity contribution >= 4 is 11.8 Å². The fourth-order valence-electron chi connectivity index (χ4n) is 1.65. The van der Waals surface area contributed by atoms with Crippen LogP contribution < -0.4 is 5.73 Å². The lowest BCUT2D eigenvalue weighted by Crippen LogP contribution is -2.13. The van der Waals surface area contributed by atoms with Crippen LogP contribution in [0.15, 0.2) is 23.1 Å². The Hall–Kier alpha value is -0.680. The summed E-state index contributed by atoms with van der Waals surface area (Å²) >= 11 is 1.57. The third-order valence-electron chi connectivity index (χ3n) is 2.50. The number of thioether (sulfide) groups is 1. The molecule has 1 heterocycles. The second kappa shape index (κ2) is 3.72. The third kappa shape index (κ3) is 1.99. The molecule has 0 amide bonds. The molecule has 1 aliphatic rings. The van der Waals surface area contributed by atoms with Crippen LogP contribution in [0, 0.1) is 0 Å². The zero-order valence-corrected chi connectivity index (χ0v) is 8.66. The van der Waals surface area contributed by atoms with E-state index in [1.165, 1.54) is 6.07 Å². The number of halogens is 3. The monoisotopic (exact) mass is 233 g/mol. The van der Waals surface area contributed by atoms with Gasteiger partial charge >= 0.3 is 6.18 Å². The number of hydrogen-bond donors (Lipinski definition) is 1. The average Bonchev–Trinajstić information content (AvgIpc) is 2.57. The van der Waals surface area contributed by atoms with Gasteiger partial charge in [0.25, 0.3) is 0 Å². The van der Waals surface area contributed by atoms with Crippen molar-refractivity contribution in [3.63, 3.8) is 0 Å². The zero-order chi connectivity index (χ0) is 11.1. The van der Waals surface area contributed by atoms with Gasteiger partial charge in [-0.25, -0.2) is 0 Å². The summed E-state index contributed by atoms with van der Waals surface area (Å²) in [5, 5.41) is 0. The molecule has 0 fully saturated rings. The van der Waals surface area contributed by atoms with E-state index in [1.807, 2.05) is 0 Å². The lowest BCUT2D eigenvalue weighted by molar-refractivity contribution is -0.137. The number of hydrogen-bond acceptors (Lipinski definition) is 2. The van der Waals surface area contributed by atoms with Crippen molar-refractivity contribution < 1.29 is 13.2 Å². The SMILES string of the molecule is NCC1CSc2ccc(C(F)(F)F)cc21. The van der Waals surface area contributed by atoms with Gasteiger partial charge in [0.15, 0.2) is 0 Å². The van der Waals surface area contributed by atoms with Crippen LogP contribution in [0.2, 0.25) is 0 Å². The van der Waals surface area contributed by atoms with Gasteiger partial charge in [-0.1, -0.05) is 0 Å². The molecule has 1 unspecified atom stereocenters. The van der Waals surface area contributed by atoms with Crippen molar-refractivity contribution in [1.29, 1.82) is 0 Å². The fraction of sp³-hybridized carbons (Fsp3) is 0.400. The van der Waals surface area contributed by atoms with Crippen molar-refractivity contribution in [1.82, 2.24) is 0 Å². The van der Waals surface area contributed by atoms with Gasteiger partial charge in [0.1, 0.15) is 0 Å². The maximum Gasteiger partial charge on any atom is 0.416 e. The summed E-state index contributed by atoms with van der Waals surface area (Å²) in [6.07, 6.45) is -4.26. The summed E-state index contributed by atoms with van der Waals surface area (Å²) in [5.74, 6) is 0.847. The standard InChI is InChI=1S/C10H10F3NS/c11-10(12,13)7-1-2-9-8(3-7)6(4-14)5-15-9/h1-3,6H,4-5,14H2. The summed E-state index contributed by atoms with van der Waals surface area (Å²) < 4.78 is 37.3. The van der Waals surface area contributed by atoms with Crippen LogP contribution in [-0.2, 0) is 6.18 Å². The number of rotatable bonds is 1. The molecule has 2 N–H and O–H groups in total. The normalized spacial score (nSPS) is 20.4. The predicted molar refractivity (Wildman–Crippen MR) is 54.0 cm³/mol. The van der Waals surface area contributed by atoms with Crippen LogP contribution >= 0.6 is 11.8 Å². The Morgan fingerprint density at radius 3 is 2.73 bits per heavy atom. The summed E-state index contributed by atoms with van der Waals surface area (Å²) in [6.45, 7) is 0.404. The minimum Gasteiger partial charge on any atom is -0.330 e. The maximum atomic E-state index is 12.4. The molecule has 2 rings (SSSR count). The Kier molecular flexibility index (Phi) is 2.68. The topological polar surface area (TPSA) is 26.0 Å². The first-order valence-electron chi connectivity index (χ1n) is 4.56. The first-order valence-corrected chi connectivity index (χ1v) is 5.55. The molecule has 0 aliphatic carbocycles. The Labute approximate surface area is 89.8 Å². The number of alkyl halides is 3. The summed E-state index contributed by atoms with van der Waals surface area (Å²) in [4.78, 5) is 0.929. The van der Waals surface area contributed by atoms with E-state index in [2.05, 4.69) is 0 Å². The molecule has 5 heteroatoms. The van der Waals surface area contributed by atoms with Gasteiger partial charge in [-0.3, -0.25) is 0 Å². The fourth-order valence-corrected chi connectivity index (χ4v) is 2.90. The summed E-state index contributed by atoms with van der Waals surface area (Å²) in [6, 6.07) is 3.90. The van der Waals surface area contributed by atoms with Crippen molar-refractivity contribution in [3.05, 3.63) is 29.3 Å². The molecule has 0 radical (unpaired) electrons. The molecule has 82 valence electrons. The van der Waals surface area contributed by atoms with E-state index in [0.717, 1.165) is 22.3 Å². The van der Waals surface area contributed by atoms with Gasteiger partial charge in [-0.2, -0.15) is 13.2 Å². The highest BCUT2D eigenvalue weighted by Crippen LogP contribution is 2.41. The van der Waals surface area contributed by atoms with Crippen LogP contribution in [0.25, 0.3) is 0 Å². The second-order valence-corrected chi connectivity index (χ2v) is 4.56. The largest absolute Gasteiger partial charge is 0.416 e. The Bertz CT molecular complexity index is 375. The average molecular weight is 233 g/mol. The van der Waals surface area contributed by atoms with E-state index < -0.39 is 11.7 Å². The quantitative estimate of drug-likeness (QED) is 0.807. The first kappa shape index (κ1) is 10.8. The third-order valence-corrected chi connectivity index (χ3v) is 3.75. The second-order valence-electron chi connectivity index (χ2n) is 3.49. The van der Waals surface area contributed by atoms with Crippen LogP contribution in [-0.4, -0.2) is 12.3 Å². The Balaban J connectivity index is 2.41. The molecule has 1 aliphatic heterocycles. The van der Waals surface area contributed by atoms with Gasteiger partial charge in [-0.15, -0.1) is 11.8 Å². The minimum absolute atomic E-state index is 0.0623. The molecule has 0 spiro atoms. The molecule has 1 nitrogen and oxygen atoms in total. The number of nitrogens with two attached hydrogens (primary N) is 1. The molecule has 1 atom stereocenters. The molecular weight excluding hydrogens is 223 g/mol. The van der Waals surface area contributed by atoms with Gasteiger partial charge in [0, 0.05) is 23.1 Å². The predicted octanol–water partition coefficient (Wildman–Crippen LogP) is 2.85. The molecule has 1 aromatic carbocycles.